The molecular formula is C11H20F3N3O3S. The van der Waals surface area contributed by atoms with Gasteiger partial charge in [-0.3, -0.25) is 0 Å². The molecule has 1 fully saturated rings. The van der Waals surface area contributed by atoms with Crippen molar-refractivity contribution in [1.82, 2.24) is 10.2 Å². The van der Waals surface area contributed by atoms with E-state index in [1.165, 1.54) is 18.7 Å². The molecule has 1 saturated heterocycles. The van der Waals surface area contributed by atoms with E-state index in [1.807, 2.05) is 5.32 Å². The van der Waals surface area contributed by atoms with Gasteiger partial charge >= 0.3 is 12.2 Å². The van der Waals surface area contributed by atoms with Gasteiger partial charge in [0, 0.05) is 13.1 Å². The second kappa shape index (κ2) is 6.39. The van der Waals surface area contributed by atoms with Crippen LogP contribution in [0.1, 0.15) is 20.3 Å². The van der Waals surface area contributed by atoms with Crippen molar-refractivity contribution in [3.63, 3.8) is 0 Å². The number of nitrogens with zero attached hydrogens (tertiary/aromatic N) is 1. The summed E-state index contributed by atoms with van der Waals surface area (Å²) in [6, 6.07) is -2.76. The highest BCUT2D eigenvalue weighted by Gasteiger charge is 2.43. The zero-order valence-electron chi connectivity index (χ0n) is 11.9. The SMILES string of the molecule is CC(C)[C@H](NC(=O)N1CCC(CS(N)(=O)=O)C1)C(F)(F)F. The Labute approximate surface area is 121 Å². The summed E-state index contributed by atoms with van der Waals surface area (Å²) in [4.78, 5) is 13.0. The number of alkyl halides is 3. The normalized spacial score (nSPS) is 21.7. The molecule has 2 atom stereocenters. The average molecular weight is 331 g/mol. The average Bonchev–Trinajstić information content (AvgIpc) is 2.69. The topological polar surface area (TPSA) is 92.5 Å². The molecule has 1 rings (SSSR count). The molecule has 0 spiro atoms. The van der Waals surface area contributed by atoms with E-state index in [-0.39, 0.29) is 24.8 Å². The van der Waals surface area contributed by atoms with E-state index in [9.17, 15) is 26.4 Å². The highest BCUT2D eigenvalue weighted by atomic mass is 32.2. The summed E-state index contributed by atoms with van der Waals surface area (Å²) in [7, 11) is -3.65. The fourth-order valence-electron chi connectivity index (χ4n) is 2.33. The number of primary sulfonamides is 1. The van der Waals surface area contributed by atoms with Crippen molar-refractivity contribution in [3.05, 3.63) is 0 Å². The van der Waals surface area contributed by atoms with Crippen LogP contribution >= 0.6 is 0 Å². The lowest BCUT2D eigenvalue weighted by molar-refractivity contribution is -0.162. The van der Waals surface area contributed by atoms with Gasteiger partial charge in [0.25, 0.3) is 0 Å². The summed E-state index contributed by atoms with van der Waals surface area (Å²) in [5.41, 5.74) is 0. The Balaban J connectivity index is 2.61. The molecule has 0 aromatic rings. The van der Waals surface area contributed by atoms with Crippen molar-refractivity contribution in [3.8, 4) is 0 Å². The fraction of sp³-hybridized carbons (Fsp3) is 0.909. The zero-order valence-corrected chi connectivity index (χ0v) is 12.7. The molecule has 0 radical (unpaired) electrons. The lowest BCUT2D eigenvalue weighted by Crippen LogP contribution is -2.52. The molecular weight excluding hydrogens is 311 g/mol. The second-order valence-electron chi connectivity index (χ2n) is 5.64. The molecule has 0 aliphatic carbocycles. The number of likely N-dealkylation sites (tertiary alicyclic amines) is 1. The van der Waals surface area contributed by atoms with Gasteiger partial charge in [-0.2, -0.15) is 13.2 Å². The van der Waals surface area contributed by atoms with Crippen molar-refractivity contribution < 1.29 is 26.4 Å². The van der Waals surface area contributed by atoms with Gasteiger partial charge in [0.2, 0.25) is 10.0 Å². The fourth-order valence-corrected chi connectivity index (χ4v) is 3.26. The summed E-state index contributed by atoms with van der Waals surface area (Å²) in [6.07, 6.45) is -4.12. The Morgan fingerprint density at radius 2 is 2.00 bits per heavy atom. The maximum atomic E-state index is 12.8. The quantitative estimate of drug-likeness (QED) is 0.801. The number of rotatable bonds is 4. The third-order valence-electron chi connectivity index (χ3n) is 3.34. The van der Waals surface area contributed by atoms with E-state index in [4.69, 9.17) is 5.14 Å². The van der Waals surface area contributed by atoms with Crippen LogP contribution < -0.4 is 10.5 Å². The van der Waals surface area contributed by atoms with Gasteiger partial charge in [0.1, 0.15) is 6.04 Å². The van der Waals surface area contributed by atoms with Gasteiger partial charge in [-0.25, -0.2) is 18.4 Å². The number of nitrogens with two attached hydrogens (primary N) is 1. The number of hydrogen-bond acceptors (Lipinski definition) is 3. The smallest absolute Gasteiger partial charge is 0.326 e. The first-order valence-corrected chi connectivity index (χ1v) is 8.24. The third-order valence-corrected chi connectivity index (χ3v) is 4.28. The van der Waals surface area contributed by atoms with Crippen molar-refractivity contribution in [1.29, 1.82) is 0 Å². The van der Waals surface area contributed by atoms with Crippen LogP contribution in [-0.4, -0.2) is 50.4 Å². The van der Waals surface area contributed by atoms with E-state index >= 15 is 0 Å². The van der Waals surface area contributed by atoms with Crippen molar-refractivity contribution >= 4 is 16.1 Å². The predicted molar refractivity (Wildman–Crippen MR) is 70.9 cm³/mol. The van der Waals surface area contributed by atoms with Gasteiger partial charge in [0.05, 0.1) is 5.75 Å². The molecule has 0 aromatic carbocycles. The summed E-state index contributed by atoms with van der Waals surface area (Å²) in [5.74, 6) is -1.41. The summed E-state index contributed by atoms with van der Waals surface area (Å²) in [6.45, 7) is 3.04. The van der Waals surface area contributed by atoms with Gasteiger partial charge in [0.15, 0.2) is 0 Å². The van der Waals surface area contributed by atoms with Crippen LogP contribution in [0.25, 0.3) is 0 Å². The van der Waals surface area contributed by atoms with Crippen molar-refractivity contribution in [2.45, 2.75) is 32.5 Å². The standard InChI is InChI=1S/C11H20F3N3O3S/c1-7(2)9(11(12,13)14)16-10(18)17-4-3-8(5-17)6-21(15,19)20/h7-9H,3-6H2,1-2H3,(H,16,18)(H2,15,19,20)/t8?,9-/m0/s1. The molecule has 1 aliphatic heterocycles. The number of sulfonamides is 1. The highest BCUT2D eigenvalue weighted by molar-refractivity contribution is 7.89. The first kappa shape index (κ1) is 18.0. The number of amides is 2. The maximum Gasteiger partial charge on any atom is 0.408 e. The van der Waals surface area contributed by atoms with Gasteiger partial charge in [-0.05, 0) is 18.3 Å². The highest BCUT2D eigenvalue weighted by Crippen LogP contribution is 2.26. The number of nitrogens with one attached hydrogen (secondary N) is 1. The lowest BCUT2D eigenvalue weighted by atomic mass is 10.0. The summed E-state index contributed by atoms with van der Waals surface area (Å²) < 4.78 is 60.3. The Morgan fingerprint density at radius 1 is 1.43 bits per heavy atom. The van der Waals surface area contributed by atoms with Crippen molar-refractivity contribution in [2.24, 2.45) is 17.0 Å². The molecule has 124 valence electrons. The molecule has 0 aromatic heterocycles. The molecule has 1 aliphatic rings. The minimum Gasteiger partial charge on any atom is -0.326 e. The van der Waals surface area contributed by atoms with Crippen LogP contribution in [-0.2, 0) is 10.0 Å². The van der Waals surface area contributed by atoms with Crippen LogP contribution in [0.2, 0.25) is 0 Å². The Morgan fingerprint density at radius 3 is 2.43 bits per heavy atom. The Kier molecular flexibility index (Phi) is 5.48. The van der Waals surface area contributed by atoms with Crippen LogP contribution in [0.3, 0.4) is 0 Å². The van der Waals surface area contributed by atoms with Gasteiger partial charge < -0.3 is 10.2 Å². The van der Waals surface area contributed by atoms with Crippen LogP contribution in [0, 0.1) is 11.8 Å². The molecule has 0 bridgehead atoms. The van der Waals surface area contributed by atoms with E-state index in [0.29, 0.717) is 6.42 Å². The van der Waals surface area contributed by atoms with Crippen LogP contribution in [0.15, 0.2) is 0 Å². The number of carbonyl (C=O) groups is 1. The number of carbonyl (C=O) groups excluding carboxylic acids is 1. The van der Waals surface area contributed by atoms with Gasteiger partial charge in [-0.15, -0.1) is 0 Å². The molecule has 0 saturated carbocycles. The lowest BCUT2D eigenvalue weighted by Gasteiger charge is -2.27. The molecule has 6 nitrogen and oxygen atoms in total. The molecule has 3 N–H and O–H groups in total. The Hall–Kier alpha value is -1.03. The molecule has 21 heavy (non-hydrogen) atoms. The molecule has 1 unspecified atom stereocenters. The maximum absolute atomic E-state index is 12.8. The van der Waals surface area contributed by atoms with E-state index in [0.717, 1.165) is 0 Å². The largest absolute Gasteiger partial charge is 0.408 e. The number of halogens is 3. The van der Waals surface area contributed by atoms with E-state index in [1.54, 1.807) is 0 Å². The van der Waals surface area contributed by atoms with Crippen LogP contribution in [0.5, 0.6) is 0 Å². The number of urea groups is 1. The zero-order chi connectivity index (χ0) is 16.4. The first-order valence-electron chi connectivity index (χ1n) is 6.52. The Bertz CT molecular complexity index is 479. The monoisotopic (exact) mass is 331 g/mol. The van der Waals surface area contributed by atoms with Gasteiger partial charge in [-0.1, -0.05) is 13.8 Å². The van der Waals surface area contributed by atoms with E-state index in [2.05, 4.69) is 0 Å². The minimum atomic E-state index is -4.52. The molecule has 10 heteroatoms. The molecule has 2 amide bonds. The summed E-state index contributed by atoms with van der Waals surface area (Å²) >= 11 is 0. The minimum absolute atomic E-state index is 0.0882. The van der Waals surface area contributed by atoms with Crippen molar-refractivity contribution in [2.75, 3.05) is 18.8 Å². The second-order valence-corrected chi connectivity index (χ2v) is 7.30. The first-order chi connectivity index (χ1) is 9.40. The van der Waals surface area contributed by atoms with Crippen LogP contribution in [0.4, 0.5) is 18.0 Å². The summed E-state index contributed by atoms with van der Waals surface area (Å²) in [5, 5.41) is 6.88. The predicted octanol–water partition coefficient (Wildman–Crippen LogP) is 0.893. The van der Waals surface area contributed by atoms with E-state index < -0.39 is 34.2 Å². The molecule has 1 heterocycles. The third kappa shape index (κ3) is 5.70. The number of hydrogen-bond donors (Lipinski definition) is 2.